The zero-order valence-corrected chi connectivity index (χ0v) is 17.2. The minimum atomic E-state index is -0.0123. The third kappa shape index (κ3) is 4.40. The molecule has 0 radical (unpaired) electrons. The highest BCUT2D eigenvalue weighted by atomic mass is 16.1. The zero-order chi connectivity index (χ0) is 20.2. The maximum Gasteiger partial charge on any atom is 0.261 e. The van der Waals surface area contributed by atoms with E-state index in [1.54, 1.807) is 10.8 Å². The molecule has 7 heteroatoms. The number of rotatable bonds is 6. The van der Waals surface area contributed by atoms with Gasteiger partial charge in [0.25, 0.3) is 5.56 Å². The van der Waals surface area contributed by atoms with Gasteiger partial charge in [-0.3, -0.25) is 4.79 Å². The van der Waals surface area contributed by atoms with Crippen molar-refractivity contribution in [3.05, 3.63) is 59.1 Å². The summed E-state index contributed by atoms with van der Waals surface area (Å²) in [6, 6.07) is 12.4. The van der Waals surface area contributed by atoms with Crippen LogP contribution in [0, 0.1) is 0 Å². The smallest absolute Gasteiger partial charge is 0.261 e. The van der Waals surface area contributed by atoms with Crippen molar-refractivity contribution < 1.29 is 0 Å². The Morgan fingerprint density at radius 1 is 1.00 bits per heavy atom. The van der Waals surface area contributed by atoms with E-state index in [-0.39, 0.29) is 5.56 Å². The second-order valence-electron chi connectivity index (χ2n) is 7.75. The van der Waals surface area contributed by atoms with Gasteiger partial charge in [0.15, 0.2) is 0 Å². The summed E-state index contributed by atoms with van der Waals surface area (Å²) in [5.74, 6) is 0.704. The fourth-order valence-corrected chi connectivity index (χ4v) is 3.75. The Bertz CT molecular complexity index is 1010. The van der Waals surface area contributed by atoms with Crippen LogP contribution in [0.3, 0.4) is 0 Å². The first-order chi connectivity index (χ1) is 14.1. The number of fused-ring (bicyclic) bond motifs is 1. The number of anilines is 2. The van der Waals surface area contributed by atoms with Crippen molar-refractivity contribution in [2.45, 2.75) is 13.0 Å². The Morgan fingerprint density at radius 3 is 2.45 bits per heavy atom. The van der Waals surface area contributed by atoms with Crippen LogP contribution in [-0.2, 0) is 6.54 Å². The predicted octanol–water partition coefficient (Wildman–Crippen LogP) is 2.07. The van der Waals surface area contributed by atoms with Gasteiger partial charge in [-0.05, 0) is 45.3 Å². The van der Waals surface area contributed by atoms with Crippen molar-refractivity contribution in [3.8, 4) is 0 Å². The quantitative estimate of drug-likeness (QED) is 0.640. The van der Waals surface area contributed by atoms with Crippen molar-refractivity contribution in [2.75, 3.05) is 56.6 Å². The lowest BCUT2D eigenvalue weighted by molar-refractivity contribution is 0.385. The summed E-state index contributed by atoms with van der Waals surface area (Å²) in [4.78, 5) is 28.6. The summed E-state index contributed by atoms with van der Waals surface area (Å²) in [6.07, 6.45) is 4.47. The van der Waals surface area contributed by atoms with Crippen LogP contribution in [0.4, 0.5) is 11.6 Å². The lowest BCUT2D eigenvalue weighted by Gasteiger charge is -2.36. The number of aromatic nitrogens is 3. The number of aryl methyl sites for hydroxylation is 1. The zero-order valence-electron chi connectivity index (χ0n) is 17.2. The SMILES string of the molecule is CN(C)CCCn1ccc2nc(N3CCN(c4ccccc4)CC3)ncc2c1=O. The molecule has 4 rings (SSSR count). The van der Waals surface area contributed by atoms with Gasteiger partial charge in [0.05, 0.1) is 10.9 Å². The molecule has 0 saturated carbocycles. The lowest BCUT2D eigenvalue weighted by Crippen LogP contribution is -2.47. The number of piperazine rings is 1. The molecule has 1 aromatic carbocycles. The lowest BCUT2D eigenvalue weighted by atomic mass is 10.2. The first kappa shape index (κ1) is 19.4. The average molecular weight is 393 g/mol. The molecule has 1 aliphatic rings. The Morgan fingerprint density at radius 2 is 1.72 bits per heavy atom. The molecule has 0 atom stereocenters. The largest absolute Gasteiger partial charge is 0.368 e. The van der Waals surface area contributed by atoms with Gasteiger partial charge < -0.3 is 19.3 Å². The first-order valence-electron chi connectivity index (χ1n) is 10.2. The molecule has 0 N–H and O–H groups in total. The van der Waals surface area contributed by atoms with Gasteiger partial charge in [-0.2, -0.15) is 0 Å². The van der Waals surface area contributed by atoms with Crippen LogP contribution in [0.15, 0.2) is 53.6 Å². The van der Waals surface area contributed by atoms with Crippen molar-refractivity contribution in [3.63, 3.8) is 0 Å². The third-order valence-corrected chi connectivity index (χ3v) is 5.40. The van der Waals surface area contributed by atoms with Crippen LogP contribution < -0.4 is 15.4 Å². The van der Waals surface area contributed by atoms with E-state index in [0.29, 0.717) is 23.4 Å². The standard InChI is InChI=1S/C22H28N6O/c1-25(2)10-6-11-27-12-9-20-19(21(27)29)17-23-22(24-20)28-15-13-26(14-16-28)18-7-4-3-5-8-18/h3-5,7-9,12,17H,6,10-11,13-16H2,1-2H3. The number of hydrogen-bond donors (Lipinski definition) is 0. The van der Waals surface area contributed by atoms with Gasteiger partial charge in [-0.15, -0.1) is 0 Å². The van der Waals surface area contributed by atoms with E-state index >= 15 is 0 Å². The van der Waals surface area contributed by atoms with Crippen LogP contribution in [0.1, 0.15) is 6.42 Å². The topological polar surface area (TPSA) is 57.5 Å². The molecule has 0 bridgehead atoms. The van der Waals surface area contributed by atoms with Gasteiger partial charge in [0, 0.05) is 50.8 Å². The first-order valence-corrected chi connectivity index (χ1v) is 10.2. The highest BCUT2D eigenvalue weighted by Gasteiger charge is 2.19. The normalized spacial score (nSPS) is 14.7. The fourth-order valence-electron chi connectivity index (χ4n) is 3.75. The Labute approximate surface area is 171 Å². The third-order valence-electron chi connectivity index (χ3n) is 5.40. The minimum absolute atomic E-state index is 0.0123. The van der Waals surface area contributed by atoms with E-state index in [9.17, 15) is 4.79 Å². The highest BCUT2D eigenvalue weighted by molar-refractivity contribution is 5.77. The number of para-hydroxylation sites is 1. The Balaban J connectivity index is 1.46. The second-order valence-corrected chi connectivity index (χ2v) is 7.75. The number of pyridine rings is 1. The van der Waals surface area contributed by atoms with E-state index in [1.165, 1.54) is 5.69 Å². The monoisotopic (exact) mass is 392 g/mol. The van der Waals surface area contributed by atoms with E-state index in [0.717, 1.165) is 39.1 Å². The van der Waals surface area contributed by atoms with Crippen LogP contribution in [0.5, 0.6) is 0 Å². The van der Waals surface area contributed by atoms with Crippen LogP contribution in [0.2, 0.25) is 0 Å². The molecular formula is C22H28N6O. The molecule has 29 heavy (non-hydrogen) atoms. The highest BCUT2D eigenvalue weighted by Crippen LogP contribution is 2.19. The molecule has 7 nitrogen and oxygen atoms in total. The van der Waals surface area contributed by atoms with Crippen molar-refractivity contribution in [2.24, 2.45) is 0 Å². The summed E-state index contributed by atoms with van der Waals surface area (Å²) in [5.41, 5.74) is 1.96. The van der Waals surface area contributed by atoms with E-state index in [4.69, 9.17) is 0 Å². The molecule has 0 aliphatic carbocycles. The summed E-state index contributed by atoms with van der Waals surface area (Å²) in [7, 11) is 4.08. The molecule has 0 spiro atoms. The molecule has 3 heterocycles. The number of hydrogen-bond acceptors (Lipinski definition) is 6. The summed E-state index contributed by atoms with van der Waals surface area (Å²) >= 11 is 0. The molecule has 2 aromatic heterocycles. The number of benzene rings is 1. The predicted molar refractivity (Wildman–Crippen MR) is 118 cm³/mol. The van der Waals surface area contributed by atoms with Crippen molar-refractivity contribution in [1.29, 1.82) is 0 Å². The molecule has 1 aliphatic heterocycles. The van der Waals surface area contributed by atoms with Gasteiger partial charge >= 0.3 is 0 Å². The Hall–Kier alpha value is -2.93. The molecule has 152 valence electrons. The van der Waals surface area contributed by atoms with Gasteiger partial charge in [0.1, 0.15) is 0 Å². The second kappa shape index (κ2) is 8.61. The average Bonchev–Trinajstić information content (AvgIpc) is 2.76. The van der Waals surface area contributed by atoms with Gasteiger partial charge in [-0.25, -0.2) is 9.97 Å². The van der Waals surface area contributed by atoms with Crippen LogP contribution in [-0.4, -0.2) is 66.3 Å². The Kier molecular flexibility index (Phi) is 5.76. The maximum absolute atomic E-state index is 12.7. The molecule has 3 aromatic rings. The molecule has 0 unspecified atom stereocenters. The van der Waals surface area contributed by atoms with Gasteiger partial charge in [-0.1, -0.05) is 18.2 Å². The fraction of sp³-hybridized carbons (Fsp3) is 0.409. The maximum atomic E-state index is 12.7. The number of nitrogens with zero attached hydrogens (tertiary/aromatic N) is 6. The summed E-state index contributed by atoms with van der Waals surface area (Å²) < 4.78 is 1.76. The van der Waals surface area contributed by atoms with E-state index < -0.39 is 0 Å². The van der Waals surface area contributed by atoms with Crippen LogP contribution in [0.25, 0.3) is 10.9 Å². The van der Waals surface area contributed by atoms with E-state index in [1.807, 2.05) is 32.4 Å². The van der Waals surface area contributed by atoms with Crippen molar-refractivity contribution >= 4 is 22.5 Å². The minimum Gasteiger partial charge on any atom is -0.368 e. The molecule has 1 fully saturated rings. The van der Waals surface area contributed by atoms with E-state index in [2.05, 4.69) is 48.9 Å². The molecule has 0 amide bonds. The summed E-state index contributed by atoms with van der Waals surface area (Å²) in [5, 5.41) is 0.587. The summed E-state index contributed by atoms with van der Waals surface area (Å²) in [6.45, 7) is 5.24. The molecular weight excluding hydrogens is 364 g/mol. The molecule has 1 saturated heterocycles. The van der Waals surface area contributed by atoms with Crippen molar-refractivity contribution in [1.82, 2.24) is 19.4 Å². The van der Waals surface area contributed by atoms with Gasteiger partial charge in [0.2, 0.25) is 5.95 Å². The van der Waals surface area contributed by atoms with Crippen LogP contribution >= 0.6 is 0 Å².